The number of hydrogen-bond acceptors (Lipinski definition) is 6. The van der Waals surface area contributed by atoms with Crippen LogP contribution in [0.1, 0.15) is 41.7 Å². The molecule has 0 saturated heterocycles. The van der Waals surface area contributed by atoms with Crippen LogP contribution in [0, 0.1) is 5.82 Å². The lowest BCUT2D eigenvalue weighted by molar-refractivity contribution is -0.137. The summed E-state index contributed by atoms with van der Waals surface area (Å²) in [6.07, 6.45) is -2.88. The van der Waals surface area contributed by atoms with E-state index >= 15 is 0 Å². The van der Waals surface area contributed by atoms with E-state index in [0.29, 0.717) is 36.3 Å². The molecule has 3 rings (SSSR count). The van der Waals surface area contributed by atoms with Crippen LogP contribution in [0.2, 0.25) is 0 Å². The van der Waals surface area contributed by atoms with Crippen molar-refractivity contribution in [3.05, 3.63) is 71.3 Å². The minimum atomic E-state index is -4.33. The Kier molecular flexibility index (Phi) is 7.96. The summed E-state index contributed by atoms with van der Waals surface area (Å²) in [6.45, 7) is -1.16. The van der Waals surface area contributed by atoms with Crippen molar-refractivity contribution in [3.63, 3.8) is 0 Å². The lowest BCUT2D eigenvalue weighted by atomic mass is 9.92. The Bertz CT molecular complexity index is 1070. The second-order valence-electron chi connectivity index (χ2n) is 7.49. The summed E-state index contributed by atoms with van der Waals surface area (Å²) in [4.78, 5) is 19.7. The smallest absolute Gasteiger partial charge is 0.405 e. The largest absolute Gasteiger partial charge is 0.481 e. The number of carboxylic acid groups (broad SMARTS) is 1. The van der Waals surface area contributed by atoms with Gasteiger partial charge in [-0.1, -0.05) is 23.4 Å². The minimum Gasteiger partial charge on any atom is -0.481 e. The van der Waals surface area contributed by atoms with Crippen molar-refractivity contribution in [2.75, 3.05) is 11.9 Å². The molecule has 0 aliphatic rings. The summed E-state index contributed by atoms with van der Waals surface area (Å²) in [5.74, 6) is -1.19. The van der Waals surface area contributed by atoms with Gasteiger partial charge >= 0.3 is 12.1 Å². The van der Waals surface area contributed by atoms with Gasteiger partial charge in [-0.05, 0) is 42.7 Å². The molecule has 0 saturated carbocycles. The number of hydrogen-bond donors (Lipinski definition) is 2. The second-order valence-corrected chi connectivity index (χ2v) is 7.49. The fourth-order valence-corrected chi connectivity index (χ4v) is 3.30. The summed E-state index contributed by atoms with van der Waals surface area (Å²) in [5, 5.41) is 15.3. The number of carboxylic acids is 1. The highest BCUT2D eigenvalue weighted by molar-refractivity contribution is 5.68. The van der Waals surface area contributed by atoms with E-state index in [1.54, 1.807) is 18.2 Å². The number of nitrogens with one attached hydrogen (secondary N) is 1. The number of aliphatic carboxylic acids is 1. The van der Waals surface area contributed by atoms with Crippen LogP contribution in [-0.4, -0.2) is 38.9 Å². The predicted molar refractivity (Wildman–Crippen MR) is 110 cm³/mol. The third-order valence-electron chi connectivity index (χ3n) is 4.78. The van der Waals surface area contributed by atoms with Crippen molar-refractivity contribution < 1.29 is 32.0 Å². The SMILES string of the molecule is O=C(O)CC(Cc1nc(CCCc2cccc(NCC(F)(F)F)n2)no1)c1cccc(F)c1. The summed E-state index contributed by atoms with van der Waals surface area (Å²) in [5.41, 5.74) is 1.15. The van der Waals surface area contributed by atoms with Crippen molar-refractivity contribution in [3.8, 4) is 0 Å². The normalized spacial score (nSPS) is 12.5. The number of alkyl halides is 3. The van der Waals surface area contributed by atoms with E-state index < -0.39 is 30.4 Å². The average Bonchev–Trinajstić information content (AvgIpc) is 3.18. The lowest BCUT2D eigenvalue weighted by Crippen LogP contribution is -2.21. The van der Waals surface area contributed by atoms with Gasteiger partial charge in [-0.3, -0.25) is 4.79 Å². The number of nitrogens with zero attached hydrogens (tertiary/aromatic N) is 3. The molecule has 11 heteroatoms. The molecule has 2 heterocycles. The fraction of sp³-hybridized carbons (Fsp3) is 0.364. The standard InChI is InChI=1S/C22H22F4N4O3/c23-16-5-1-4-14(10-16)15(12-21(31)32)11-20-29-19(30-33-20)9-3-7-17-6-2-8-18(28-17)27-13-22(24,25)26/h1-2,4-6,8,10,15H,3,7,9,11-13H2,(H,27,28)(H,31,32). The highest BCUT2D eigenvalue weighted by atomic mass is 19.4. The molecule has 0 fully saturated rings. The van der Waals surface area contributed by atoms with E-state index in [2.05, 4.69) is 20.4 Å². The van der Waals surface area contributed by atoms with Gasteiger partial charge in [0, 0.05) is 24.5 Å². The number of halogens is 4. The first-order valence-electron chi connectivity index (χ1n) is 10.2. The van der Waals surface area contributed by atoms with Crippen LogP contribution in [0.15, 0.2) is 47.0 Å². The predicted octanol–water partition coefficient (Wildman–Crippen LogP) is 4.55. The number of pyridine rings is 1. The van der Waals surface area contributed by atoms with Gasteiger partial charge in [0.1, 0.15) is 18.2 Å². The molecule has 7 nitrogen and oxygen atoms in total. The van der Waals surface area contributed by atoms with Crippen LogP contribution < -0.4 is 5.32 Å². The van der Waals surface area contributed by atoms with Gasteiger partial charge in [0.25, 0.3) is 0 Å². The third-order valence-corrected chi connectivity index (χ3v) is 4.78. The highest BCUT2D eigenvalue weighted by Crippen LogP contribution is 2.25. The van der Waals surface area contributed by atoms with Crippen molar-refractivity contribution in [2.24, 2.45) is 0 Å². The van der Waals surface area contributed by atoms with Crippen molar-refractivity contribution in [1.82, 2.24) is 15.1 Å². The zero-order valence-corrected chi connectivity index (χ0v) is 17.5. The molecule has 2 aromatic heterocycles. The van der Waals surface area contributed by atoms with Crippen molar-refractivity contribution >= 4 is 11.8 Å². The Hall–Kier alpha value is -3.50. The van der Waals surface area contributed by atoms with Gasteiger partial charge in [-0.15, -0.1) is 0 Å². The molecular formula is C22H22F4N4O3. The first-order valence-corrected chi connectivity index (χ1v) is 10.2. The van der Waals surface area contributed by atoms with E-state index in [0.717, 1.165) is 0 Å². The Labute approximate surface area is 186 Å². The monoisotopic (exact) mass is 466 g/mol. The molecule has 0 radical (unpaired) electrons. The molecule has 176 valence electrons. The number of anilines is 1. The van der Waals surface area contributed by atoms with Gasteiger partial charge in [-0.25, -0.2) is 9.37 Å². The number of aryl methyl sites for hydroxylation is 2. The maximum atomic E-state index is 13.5. The molecular weight excluding hydrogens is 444 g/mol. The molecule has 1 atom stereocenters. The summed E-state index contributed by atoms with van der Waals surface area (Å²) < 4.78 is 55.8. The Morgan fingerprint density at radius 2 is 1.91 bits per heavy atom. The van der Waals surface area contributed by atoms with E-state index in [-0.39, 0.29) is 24.6 Å². The molecule has 0 aliphatic heterocycles. The zero-order chi connectivity index (χ0) is 23.8. The molecule has 0 spiro atoms. The first kappa shape index (κ1) is 24.1. The van der Waals surface area contributed by atoms with E-state index in [9.17, 15) is 27.5 Å². The maximum Gasteiger partial charge on any atom is 0.405 e. The molecule has 3 aromatic rings. The van der Waals surface area contributed by atoms with Gasteiger partial charge < -0.3 is 14.9 Å². The number of rotatable bonds is 11. The van der Waals surface area contributed by atoms with Crippen LogP contribution in [-0.2, 0) is 24.1 Å². The quantitative estimate of drug-likeness (QED) is 0.400. The van der Waals surface area contributed by atoms with Crippen LogP contribution in [0.3, 0.4) is 0 Å². The molecule has 2 N–H and O–H groups in total. The number of benzene rings is 1. The van der Waals surface area contributed by atoms with Crippen LogP contribution in [0.25, 0.3) is 0 Å². The Balaban J connectivity index is 1.54. The lowest BCUT2D eigenvalue weighted by Gasteiger charge is -2.13. The number of carbonyl (C=O) groups is 1. The number of aromatic nitrogens is 3. The molecule has 33 heavy (non-hydrogen) atoms. The van der Waals surface area contributed by atoms with Gasteiger partial charge in [0.15, 0.2) is 5.82 Å². The topological polar surface area (TPSA) is 101 Å². The van der Waals surface area contributed by atoms with Crippen LogP contribution in [0.4, 0.5) is 23.4 Å². The van der Waals surface area contributed by atoms with Crippen molar-refractivity contribution in [1.29, 1.82) is 0 Å². The van der Waals surface area contributed by atoms with Crippen molar-refractivity contribution in [2.45, 2.75) is 44.2 Å². The van der Waals surface area contributed by atoms with E-state index in [1.807, 2.05) is 0 Å². The second kappa shape index (κ2) is 10.9. The Morgan fingerprint density at radius 3 is 2.64 bits per heavy atom. The van der Waals surface area contributed by atoms with Gasteiger partial charge in [0.2, 0.25) is 5.89 Å². The summed E-state index contributed by atoms with van der Waals surface area (Å²) in [6, 6.07) is 10.5. The first-order chi connectivity index (χ1) is 15.7. The van der Waals surface area contributed by atoms with E-state index in [1.165, 1.54) is 24.3 Å². The maximum absolute atomic E-state index is 13.5. The minimum absolute atomic E-state index is 0.147. The third kappa shape index (κ3) is 8.17. The average molecular weight is 466 g/mol. The molecule has 0 amide bonds. The molecule has 0 bridgehead atoms. The Morgan fingerprint density at radius 1 is 1.12 bits per heavy atom. The highest BCUT2D eigenvalue weighted by Gasteiger charge is 2.26. The molecule has 0 aliphatic carbocycles. The zero-order valence-electron chi connectivity index (χ0n) is 17.5. The van der Waals surface area contributed by atoms with Crippen LogP contribution >= 0.6 is 0 Å². The van der Waals surface area contributed by atoms with Crippen LogP contribution in [0.5, 0.6) is 0 Å². The fourth-order valence-electron chi connectivity index (χ4n) is 3.30. The van der Waals surface area contributed by atoms with Gasteiger partial charge in [-0.2, -0.15) is 18.2 Å². The summed E-state index contributed by atoms with van der Waals surface area (Å²) >= 11 is 0. The van der Waals surface area contributed by atoms with E-state index in [4.69, 9.17) is 4.52 Å². The summed E-state index contributed by atoms with van der Waals surface area (Å²) in [7, 11) is 0. The van der Waals surface area contributed by atoms with Gasteiger partial charge in [0.05, 0.1) is 6.42 Å². The molecule has 1 unspecified atom stereocenters. The molecule has 1 aromatic carbocycles.